The van der Waals surface area contributed by atoms with Gasteiger partial charge in [0, 0.05) is 6.66 Å². The van der Waals surface area contributed by atoms with Crippen LogP contribution < -0.4 is 0 Å². The summed E-state index contributed by atoms with van der Waals surface area (Å²) < 4.78 is 21.7. The normalized spacial score (nSPS) is 33.5. The molecule has 3 nitrogen and oxygen atoms in total. The van der Waals surface area contributed by atoms with Gasteiger partial charge >= 0.3 is 7.60 Å². The highest BCUT2D eigenvalue weighted by Gasteiger charge is 2.32. The van der Waals surface area contributed by atoms with E-state index in [-0.39, 0.29) is 6.10 Å². The Balaban J connectivity index is 2.18. The summed E-state index contributed by atoms with van der Waals surface area (Å²) in [5.41, 5.74) is 1.02. The van der Waals surface area contributed by atoms with E-state index in [1.165, 1.54) is 6.66 Å². The summed E-state index contributed by atoms with van der Waals surface area (Å²) >= 11 is 0. The fourth-order valence-electron chi connectivity index (χ4n) is 1.32. The SMILES string of the molecule is C[P@@]1(=O)OCC(c2ccccc2)O1. The molecule has 0 bridgehead atoms. The van der Waals surface area contributed by atoms with Crippen molar-refractivity contribution >= 4 is 7.60 Å². The highest BCUT2D eigenvalue weighted by molar-refractivity contribution is 7.53. The maximum Gasteiger partial charge on any atom is 0.328 e. The molecule has 1 saturated heterocycles. The lowest BCUT2D eigenvalue weighted by molar-refractivity contribution is 0.241. The Hall–Kier alpha value is -0.630. The summed E-state index contributed by atoms with van der Waals surface area (Å²) in [6.07, 6.45) is -0.169. The van der Waals surface area contributed by atoms with Crippen LogP contribution in [0, 0.1) is 0 Å². The van der Waals surface area contributed by atoms with Crippen LogP contribution in [0.2, 0.25) is 0 Å². The van der Waals surface area contributed by atoms with Crippen LogP contribution in [0.4, 0.5) is 0 Å². The van der Waals surface area contributed by atoms with Gasteiger partial charge in [-0.05, 0) is 5.56 Å². The number of hydrogen-bond donors (Lipinski definition) is 0. The van der Waals surface area contributed by atoms with E-state index in [4.69, 9.17) is 9.05 Å². The summed E-state index contributed by atoms with van der Waals surface area (Å²) in [7, 11) is -2.76. The fraction of sp³-hybridized carbons (Fsp3) is 0.333. The van der Waals surface area contributed by atoms with Gasteiger partial charge in [0.15, 0.2) is 0 Å². The zero-order valence-corrected chi connectivity index (χ0v) is 8.24. The molecule has 0 amide bonds. The molecular weight excluding hydrogens is 187 g/mol. The lowest BCUT2D eigenvalue weighted by Gasteiger charge is -2.07. The van der Waals surface area contributed by atoms with Gasteiger partial charge in [-0.25, -0.2) is 0 Å². The fourth-order valence-corrected chi connectivity index (χ4v) is 2.43. The molecule has 1 aliphatic rings. The maximum absolute atomic E-state index is 11.4. The second-order valence-electron chi connectivity index (χ2n) is 3.07. The predicted molar refractivity (Wildman–Crippen MR) is 49.8 cm³/mol. The van der Waals surface area contributed by atoms with E-state index in [9.17, 15) is 4.57 Å². The molecule has 4 heteroatoms. The van der Waals surface area contributed by atoms with E-state index < -0.39 is 7.60 Å². The molecular formula is C9H11O3P. The maximum atomic E-state index is 11.4. The van der Waals surface area contributed by atoms with Crippen LogP contribution in [0.1, 0.15) is 11.7 Å². The minimum atomic E-state index is -2.76. The summed E-state index contributed by atoms with van der Waals surface area (Å²) in [5, 5.41) is 0. The molecule has 1 fully saturated rings. The zero-order valence-electron chi connectivity index (χ0n) is 7.34. The van der Waals surface area contributed by atoms with Crippen LogP contribution in [-0.4, -0.2) is 13.3 Å². The van der Waals surface area contributed by atoms with Crippen molar-refractivity contribution in [2.75, 3.05) is 13.3 Å². The third-order valence-electron chi connectivity index (χ3n) is 1.95. The Bertz CT molecular complexity index is 336. The van der Waals surface area contributed by atoms with Crippen molar-refractivity contribution in [3.05, 3.63) is 35.9 Å². The predicted octanol–water partition coefficient (Wildman–Crippen LogP) is 2.60. The van der Waals surface area contributed by atoms with Gasteiger partial charge in [0.05, 0.1) is 6.61 Å². The monoisotopic (exact) mass is 198 g/mol. The van der Waals surface area contributed by atoms with Crippen molar-refractivity contribution in [1.82, 2.24) is 0 Å². The number of benzene rings is 1. The Morgan fingerprint density at radius 2 is 2.08 bits per heavy atom. The molecule has 0 aliphatic carbocycles. The molecule has 2 rings (SSSR count). The van der Waals surface area contributed by atoms with Crippen LogP contribution in [-0.2, 0) is 13.6 Å². The third-order valence-corrected chi connectivity index (χ3v) is 3.21. The minimum Gasteiger partial charge on any atom is -0.306 e. The van der Waals surface area contributed by atoms with E-state index in [1.54, 1.807) is 0 Å². The van der Waals surface area contributed by atoms with E-state index in [2.05, 4.69) is 0 Å². The Morgan fingerprint density at radius 1 is 1.38 bits per heavy atom. The molecule has 1 unspecified atom stereocenters. The van der Waals surface area contributed by atoms with Gasteiger partial charge in [0.2, 0.25) is 0 Å². The first-order valence-electron chi connectivity index (χ1n) is 4.13. The second kappa shape index (κ2) is 3.26. The molecule has 1 heterocycles. The smallest absolute Gasteiger partial charge is 0.306 e. The topological polar surface area (TPSA) is 35.5 Å². The first kappa shape index (κ1) is 8.95. The van der Waals surface area contributed by atoms with Gasteiger partial charge in [0.25, 0.3) is 0 Å². The van der Waals surface area contributed by atoms with Crippen LogP contribution >= 0.6 is 7.60 Å². The van der Waals surface area contributed by atoms with Gasteiger partial charge in [-0.3, -0.25) is 9.09 Å². The number of rotatable bonds is 1. The first-order chi connectivity index (χ1) is 6.17. The summed E-state index contributed by atoms with van der Waals surface area (Å²) in [4.78, 5) is 0. The lowest BCUT2D eigenvalue weighted by Crippen LogP contribution is -1.97. The molecule has 0 saturated carbocycles. The molecule has 13 heavy (non-hydrogen) atoms. The van der Waals surface area contributed by atoms with E-state index in [0.29, 0.717) is 6.61 Å². The van der Waals surface area contributed by atoms with Gasteiger partial charge < -0.3 is 4.52 Å². The molecule has 70 valence electrons. The second-order valence-corrected chi connectivity index (χ2v) is 5.08. The molecule has 0 N–H and O–H groups in total. The average molecular weight is 198 g/mol. The summed E-state index contributed by atoms with van der Waals surface area (Å²) in [6.45, 7) is 1.88. The first-order valence-corrected chi connectivity index (χ1v) is 6.12. The minimum absolute atomic E-state index is 0.169. The molecule has 1 aliphatic heterocycles. The summed E-state index contributed by atoms with van der Waals surface area (Å²) in [6, 6.07) is 9.68. The zero-order chi connectivity index (χ0) is 9.31. The molecule has 1 aromatic rings. The van der Waals surface area contributed by atoms with E-state index in [1.807, 2.05) is 30.3 Å². The van der Waals surface area contributed by atoms with Crippen LogP contribution in [0.3, 0.4) is 0 Å². The van der Waals surface area contributed by atoms with Crippen molar-refractivity contribution in [2.45, 2.75) is 6.10 Å². The summed E-state index contributed by atoms with van der Waals surface area (Å²) in [5.74, 6) is 0. The van der Waals surface area contributed by atoms with Gasteiger partial charge in [-0.1, -0.05) is 30.3 Å². The standard InChI is InChI=1S/C9H11O3P/c1-13(10)11-7-9(12-13)8-5-3-2-4-6-8/h2-6,9H,7H2,1H3/t9?,13-/m1/s1. The van der Waals surface area contributed by atoms with Crippen molar-refractivity contribution in [3.63, 3.8) is 0 Å². The van der Waals surface area contributed by atoms with Crippen LogP contribution in [0.5, 0.6) is 0 Å². The van der Waals surface area contributed by atoms with Gasteiger partial charge in [-0.15, -0.1) is 0 Å². The van der Waals surface area contributed by atoms with E-state index >= 15 is 0 Å². The van der Waals surface area contributed by atoms with Crippen molar-refractivity contribution in [2.24, 2.45) is 0 Å². The highest BCUT2D eigenvalue weighted by atomic mass is 31.2. The van der Waals surface area contributed by atoms with Crippen molar-refractivity contribution in [1.29, 1.82) is 0 Å². The van der Waals surface area contributed by atoms with Crippen molar-refractivity contribution < 1.29 is 13.6 Å². The Labute approximate surface area is 77.2 Å². The number of hydrogen-bond acceptors (Lipinski definition) is 3. The largest absolute Gasteiger partial charge is 0.328 e. The van der Waals surface area contributed by atoms with Gasteiger partial charge in [0.1, 0.15) is 6.10 Å². The molecule has 0 spiro atoms. The van der Waals surface area contributed by atoms with Crippen LogP contribution in [0.15, 0.2) is 30.3 Å². The molecule has 0 aromatic heterocycles. The molecule has 0 radical (unpaired) electrons. The average Bonchev–Trinajstić information content (AvgIpc) is 2.48. The van der Waals surface area contributed by atoms with Crippen LogP contribution in [0.25, 0.3) is 0 Å². The quantitative estimate of drug-likeness (QED) is 0.650. The molecule has 2 atom stereocenters. The Kier molecular flexibility index (Phi) is 2.24. The molecule has 1 aromatic carbocycles. The third kappa shape index (κ3) is 1.99. The highest BCUT2D eigenvalue weighted by Crippen LogP contribution is 2.54. The van der Waals surface area contributed by atoms with E-state index in [0.717, 1.165) is 5.56 Å². The lowest BCUT2D eigenvalue weighted by atomic mass is 10.1. The Morgan fingerprint density at radius 3 is 2.62 bits per heavy atom. The van der Waals surface area contributed by atoms with Crippen molar-refractivity contribution in [3.8, 4) is 0 Å². The van der Waals surface area contributed by atoms with Gasteiger partial charge in [-0.2, -0.15) is 0 Å².